The summed E-state index contributed by atoms with van der Waals surface area (Å²) in [5, 5.41) is 7.66. The van der Waals surface area contributed by atoms with Crippen molar-refractivity contribution in [1.82, 2.24) is 5.32 Å². The van der Waals surface area contributed by atoms with Crippen LogP contribution in [0.5, 0.6) is 0 Å². The quantitative estimate of drug-likeness (QED) is 0.517. The molecule has 2 N–H and O–H groups in total. The van der Waals surface area contributed by atoms with Crippen LogP contribution in [0.15, 0.2) is 48.7 Å². The molecule has 1 heterocycles. The maximum Gasteiger partial charge on any atom is 0.144 e. The van der Waals surface area contributed by atoms with Gasteiger partial charge in [0.1, 0.15) is 5.78 Å². The lowest BCUT2D eigenvalue weighted by Crippen LogP contribution is -2.41. The standard InChI is InChI=1S/C27H33ClN2O/c1-4-19-13-14-21(15-17(19)2)30-23-12-8-11-22(27(23)28)24-16-25(31)26(18(3)29-24)20-9-6-5-7-10-20/h8,11-15,20,24,26,29-30H,3-7,9-10,16H2,1-2H3. The number of hydrogen-bond donors (Lipinski definition) is 2. The van der Waals surface area contributed by atoms with Crippen molar-refractivity contribution in [3.8, 4) is 0 Å². The molecule has 2 fully saturated rings. The number of aryl methyl sites for hydroxylation is 2. The van der Waals surface area contributed by atoms with Gasteiger partial charge in [0.2, 0.25) is 0 Å². The molecule has 4 rings (SSSR count). The van der Waals surface area contributed by atoms with Crippen molar-refractivity contribution in [3.63, 3.8) is 0 Å². The average Bonchev–Trinajstić information content (AvgIpc) is 2.75. The molecule has 2 atom stereocenters. The molecular formula is C27H33ClN2O. The van der Waals surface area contributed by atoms with Gasteiger partial charge in [-0.2, -0.15) is 0 Å². The third-order valence-electron chi connectivity index (χ3n) is 7.01. The number of allylic oxidation sites excluding steroid dienone is 1. The summed E-state index contributed by atoms with van der Waals surface area (Å²) >= 11 is 6.83. The summed E-state index contributed by atoms with van der Waals surface area (Å²) in [5.74, 6) is 0.706. The minimum atomic E-state index is -0.127. The third-order valence-corrected chi connectivity index (χ3v) is 7.44. The highest BCUT2D eigenvalue weighted by atomic mass is 35.5. The number of ketones is 1. The second-order valence-electron chi connectivity index (χ2n) is 9.10. The van der Waals surface area contributed by atoms with Crippen molar-refractivity contribution in [2.45, 2.75) is 64.8 Å². The number of benzene rings is 2. The zero-order valence-electron chi connectivity index (χ0n) is 18.6. The van der Waals surface area contributed by atoms with Gasteiger partial charge in [-0.15, -0.1) is 0 Å². The second-order valence-corrected chi connectivity index (χ2v) is 9.47. The highest BCUT2D eigenvalue weighted by Gasteiger charge is 2.38. The van der Waals surface area contributed by atoms with Crippen LogP contribution >= 0.6 is 11.6 Å². The highest BCUT2D eigenvalue weighted by Crippen LogP contribution is 2.41. The molecule has 0 spiro atoms. The van der Waals surface area contributed by atoms with Gasteiger partial charge in [-0.25, -0.2) is 0 Å². The number of hydrogen-bond acceptors (Lipinski definition) is 3. The Balaban J connectivity index is 1.52. The van der Waals surface area contributed by atoms with E-state index in [9.17, 15) is 4.79 Å². The first kappa shape index (κ1) is 22.0. The first-order chi connectivity index (χ1) is 15.0. The number of rotatable bonds is 5. The zero-order chi connectivity index (χ0) is 22.0. The number of Topliss-reactive ketones (excluding diaryl/α,β-unsaturated/α-hetero) is 1. The van der Waals surface area contributed by atoms with Gasteiger partial charge < -0.3 is 10.6 Å². The average molecular weight is 437 g/mol. The van der Waals surface area contributed by atoms with Crippen molar-refractivity contribution >= 4 is 28.8 Å². The Morgan fingerprint density at radius 2 is 1.94 bits per heavy atom. The molecule has 2 aliphatic rings. The van der Waals surface area contributed by atoms with Crippen molar-refractivity contribution < 1.29 is 4.79 Å². The summed E-state index contributed by atoms with van der Waals surface area (Å²) in [4.78, 5) is 13.1. The predicted octanol–water partition coefficient (Wildman–Crippen LogP) is 7.27. The van der Waals surface area contributed by atoms with Crippen LogP contribution in [0.4, 0.5) is 11.4 Å². The molecule has 3 nitrogen and oxygen atoms in total. The lowest BCUT2D eigenvalue weighted by molar-refractivity contribution is -0.125. The monoisotopic (exact) mass is 436 g/mol. The minimum Gasteiger partial charge on any atom is -0.381 e. The highest BCUT2D eigenvalue weighted by molar-refractivity contribution is 6.34. The Kier molecular flexibility index (Phi) is 6.71. The molecule has 2 aromatic carbocycles. The molecule has 0 aromatic heterocycles. The summed E-state index contributed by atoms with van der Waals surface area (Å²) in [6.07, 6.45) is 7.50. The van der Waals surface area contributed by atoms with Crippen molar-refractivity contribution in [1.29, 1.82) is 0 Å². The van der Waals surface area contributed by atoms with E-state index in [1.165, 1.54) is 30.4 Å². The third kappa shape index (κ3) is 4.67. The molecule has 0 radical (unpaired) electrons. The lowest BCUT2D eigenvalue weighted by atomic mass is 9.73. The van der Waals surface area contributed by atoms with E-state index in [0.29, 0.717) is 23.1 Å². The van der Waals surface area contributed by atoms with E-state index in [2.05, 4.69) is 49.3 Å². The topological polar surface area (TPSA) is 41.1 Å². The SMILES string of the molecule is C=C1NC(c2cccc(Nc3ccc(CC)c(C)c3)c2Cl)CC(=O)C1C1CCCCC1. The molecular weight excluding hydrogens is 404 g/mol. The number of carbonyl (C=O) groups excluding carboxylic acids is 1. The van der Waals surface area contributed by atoms with E-state index < -0.39 is 0 Å². The Morgan fingerprint density at radius 3 is 2.61 bits per heavy atom. The van der Waals surface area contributed by atoms with E-state index in [1.54, 1.807) is 0 Å². The smallest absolute Gasteiger partial charge is 0.144 e. The summed E-state index contributed by atoms with van der Waals surface area (Å²) in [7, 11) is 0. The normalized spacial score (nSPS) is 22.3. The van der Waals surface area contributed by atoms with E-state index in [4.69, 9.17) is 11.6 Å². The number of carbonyl (C=O) groups is 1. The molecule has 1 aliphatic carbocycles. The molecule has 2 unspecified atom stereocenters. The van der Waals surface area contributed by atoms with Crippen LogP contribution in [0, 0.1) is 18.8 Å². The number of nitrogens with one attached hydrogen (secondary N) is 2. The number of halogens is 1. The van der Waals surface area contributed by atoms with Crippen LogP contribution in [-0.2, 0) is 11.2 Å². The zero-order valence-corrected chi connectivity index (χ0v) is 19.4. The van der Waals surface area contributed by atoms with Crippen LogP contribution in [0.3, 0.4) is 0 Å². The first-order valence-electron chi connectivity index (χ1n) is 11.6. The van der Waals surface area contributed by atoms with Gasteiger partial charge in [0.25, 0.3) is 0 Å². The molecule has 31 heavy (non-hydrogen) atoms. The number of anilines is 2. The van der Waals surface area contributed by atoms with E-state index in [1.807, 2.05) is 18.2 Å². The maximum atomic E-state index is 13.1. The van der Waals surface area contributed by atoms with Gasteiger partial charge in [-0.1, -0.05) is 62.6 Å². The Morgan fingerprint density at radius 1 is 1.16 bits per heavy atom. The molecule has 1 saturated carbocycles. The van der Waals surface area contributed by atoms with Crippen LogP contribution in [0.1, 0.15) is 68.2 Å². The van der Waals surface area contributed by atoms with Gasteiger partial charge >= 0.3 is 0 Å². The first-order valence-corrected chi connectivity index (χ1v) is 12.0. The van der Waals surface area contributed by atoms with Crippen LogP contribution in [0.25, 0.3) is 0 Å². The largest absolute Gasteiger partial charge is 0.381 e. The lowest BCUT2D eigenvalue weighted by Gasteiger charge is -2.38. The molecule has 1 aliphatic heterocycles. The van der Waals surface area contributed by atoms with Gasteiger partial charge in [-0.3, -0.25) is 4.79 Å². The molecule has 164 valence electrons. The Bertz CT molecular complexity index is 959. The summed E-state index contributed by atoms with van der Waals surface area (Å²) in [6, 6.07) is 12.3. The fraction of sp³-hybridized carbons (Fsp3) is 0.444. The van der Waals surface area contributed by atoms with Crippen LogP contribution in [-0.4, -0.2) is 5.78 Å². The summed E-state index contributed by atoms with van der Waals surface area (Å²) in [5.41, 5.74) is 6.31. The fourth-order valence-electron chi connectivity index (χ4n) is 5.33. The molecule has 1 saturated heterocycles. The predicted molar refractivity (Wildman–Crippen MR) is 130 cm³/mol. The maximum absolute atomic E-state index is 13.1. The van der Waals surface area contributed by atoms with Gasteiger partial charge in [0.15, 0.2) is 0 Å². The molecule has 2 aromatic rings. The van der Waals surface area contributed by atoms with Crippen molar-refractivity contribution in [2.24, 2.45) is 11.8 Å². The molecule has 0 bridgehead atoms. The summed E-state index contributed by atoms with van der Waals surface area (Å²) in [6.45, 7) is 8.55. The van der Waals surface area contributed by atoms with Crippen molar-refractivity contribution in [3.05, 3.63) is 70.4 Å². The van der Waals surface area contributed by atoms with Gasteiger partial charge in [0, 0.05) is 17.8 Å². The van der Waals surface area contributed by atoms with E-state index in [-0.39, 0.29) is 12.0 Å². The Hall–Kier alpha value is -2.26. The van der Waals surface area contributed by atoms with Crippen molar-refractivity contribution in [2.75, 3.05) is 5.32 Å². The van der Waals surface area contributed by atoms with Crippen LogP contribution < -0.4 is 10.6 Å². The minimum absolute atomic E-state index is 0.0447. The molecule has 4 heteroatoms. The van der Waals surface area contributed by atoms with E-state index >= 15 is 0 Å². The van der Waals surface area contributed by atoms with Gasteiger partial charge in [0.05, 0.1) is 22.7 Å². The van der Waals surface area contributed by atoms with Gasteiger partial charge in [-0.05, 0) is 67.0 Å². The number of piperidine rings is 1. The fourth-order valence-corrected chi connectivity index (χ4v) is 5.64. The second kappa shape index (κ2) is 9.48. The summed E-state index contributed by atoms with van der Waals surface area (Å²) < 4.78 is 0. The molecule has 0 amide bonds. The van der Waals surface area contributed by atoms with E-state index in [0.717, 1.165) is 41.9 Å². The Labute approximate surface area is 191 Å². The van der Waals surface area contributed by atoms with Crippen LogP contribution in [0.2, 0.25) is 5.02 Å².